The molecule has 0 aromatic rings. The molecule has 3 heteroatoms. The minimum atomic E-state index is -0.126. The summed E-state index contributed by atoms with van der Waals surface area (Å²) in [5.41, 5.74) is 2.32. The second-order valence-electron chi connectivity index (χ2n) is 10.7. The quantitative estimate of drug-likeness (QED) is 0.489. The van der Waals surface area contributed by atoms with Crippen molar-refractivity contribution in [2.75, 3.05) is 0 Å². The third kappa shape index (κ3) is 2.91. The third-order valence-corrected chi connectivity index (χ3v) is 9.19. The molecule has 0 heterocycles. The Morgan fingerprint density at radius 1 is 1.00 bits per heavy atom. The maximum Gasteiger partial charge on any atom is 0.302 e. The summed E-state index contributed by atoms with van der Waals surface area (Å²) in [5.74, 6) is 2.35. The Labute approximate surface area is 164 Å². The van der Waals surface area contributed by atoms with Crippen LogP contribution < -0.4 is 0 Å². The number of ether oxygens (including phenoxy) is 2. The van der Waals surface area contributed by atoms with Crippen LogP contribution in [0.4, 0.5) is 0 Å². The Morgan fingerprint density at radius 2 is 1.81 bits per heavy atom. The summed E-state index contributed by atoms with van der Waals surface area (Å²) in [6.45, 7) is 6.61. The van der Waals surface area contributed by atoms with Crippen LogP contribution in [0.25, 0.3) is 0 Å². The van der Waals surface area contributed by atoms with Crippen molar-refractivity contribution in [3.8, 4) is 0 Å². The number of esters is 1. The first-order chi connectivity index (χ1) is 12.9. The number of rotatable bonds is 3. The normalized spacial score (nSPS) is 48.9. The van der Waals surface area contributed by atoms with Crippen molar-refractivity contribution in [1.29, 1.82) is 0 Å². The Bertz CT molecular complexity index is 650. The zero-order valence-electron chi connectivity index (χ0n) is 17.3. The summed E-state index contributed by atoms with van der Waals surface area (Å²) >= 11 is 0. The number of hydrogen-bond acceptors (Lipinski definition) is 3. The Kier molecular flexibility index (Phi) is 4.28. The predicted molar refractivity (Wildman–Crippen MR) is 105 cm³/mol. The van der Waals surface area contributed by atoms with E-state index in [1.54, 1.807) is 12.5 Å². The SMILES string of the molecule is CC(=O)OC1CC[C@@]2(C)C(=CC[C@@H]3[C@H]2CC[C@]2(C)C(OC4CC4)CC[C@@H]32)C1. The highest BCUT2D eigenvalue weighted by Crippen LogP contribution is 2.65. The van der Waals surface area contributed by atoms with Gasteiger partial charge in [0.2, 0.25) is 0 Å². The zero-order chi connectivity index (χ0) is 18.8. The summed E-state index contributed by atoms with van der Waals surface area (Å²) < 4.78 is 12.1. The maximum absolute atomic E-state index is 11.4. The van der Waals surface area contributed by atoms with Gasteiger partial charge in [0.15, 0.2) is 0 Å². The van der Waals surface area contributed by atoms with Crippen molar-refractivity contribution in [1.82, 2.24) is 0 Å². The van der Waals surface area contributed by atoms with Gasteiger partial charge in [-0.25, -0.2) is 0 Å². The van der Waals surface area contributed by atoms with Crippen LogP contribution in [0.1, 0.15) is 85.0 Å². The second-order valence-corrected chi connectivity index (χ2v) is 10.7. The van der Waals surface area contributed by atoms with E-state index < -0.39 is 0 Å². The molecular weight excluding hydrogens is 336 g/mol. The van der Waals surface area contributed by atoms with Crippen molar-refractivity contribution in [3.63, 3.8) is 0 Å². The predicted octanol–water partition coefficient (Wildman–Crippen LogP) is 5.43. The number of hydrogen-bond donors (Lipinski definition) is 0. The summed E-state index contributed by atoms with van der Waals surface area (Å²) in [5, 5.41) is 0. The lowest BCUT2D eigenvalue weighted by molar-refractivity contribution is -0.149. The number of fused-ring (bicyclic) bond motifs is 5. The van der Waals surface area contributed by atoms with Crippen LogP contribution in [0.15, 0.2) is 11.6 Å². The maximum atomic E-state index is 11.4. The highest BCUT2D eigenvalue weighted by Gasteiger charge is 2.59. The largest absolute Gasteiger partial charge is 0.462 e. The van der Waals surface area contributed by atoms with Gasteiger partial charge in [-0.15, -0.1) is 0 Å². The average molecular weight is 373 g/mol. The van der Waals surface area contributed by atoms with E-state index in [-0.39, 0.29) is 12.1 Å². The van der Waals surface area contributed by atoms with E-state index in [9.17, 15) is 4.79 Å². The molecule has 3 nitrogen and oxygen atoms in total. The van der Waals surface area contributed by atoms with E-state index in [4.69, 9.17) is 9.47 Å². The lowest BCUT2D eigenvalue weighted by Gasteiger charge is -2.58. The van der Waals surface area contributed by atoms with Gasteiger partial charge in [-0.1, -0.05) is 25.5 Å². The van der Waals surface area contributed by atoms with Gasteiger partial charge < -0.3 is 9.47 Å². The van der Waals surface area contributed by atoms with Crippen LogP contribution in [0.5, 0.6) is 0 Å². The van der Waals surface area contributed by atoms with Crippen molar-refractivity contribution in [2.24, 2.45) is 28.6 Å². The molecule has 0 saturated heterocycles. The van der Waals surface area contributed by atoms with E-state index in [2.05, 4.69) is 19.9 Å². The highest BCUT2D eigenvalue weighted by atomic mass is 16.5. The molecule has 7 atom stereocenters. The lowest BCUT2D eigenvalue weighted by atomic mass is 9.48. The molecule has 5 aliphatic carbocycles. The highest BCUT2D eigenvalue weighted by molar-refractivity contribution is 5.66. The van der Waals surface area contributed by atoms with Gasteiger partial charge in [-0.3, -0.25) is 4.79 Å². The molecule has 0 aliphatic heterocycles. The van der Waals surface area contributed by atoms with Crippen LogP contribution in [-0.2, 0) is 14.3 Å². The smallest absolute Gasteiger partial charge is 0.302 e. The fourth-order valence-electron chi connectivity index (χ4n) is 7.57. The van der Waals surface area contributed by atoms with Gasteiger partial charge in [0.25, 0.3) is 0 Å². The standard InChI is InChI=1S/C24H36O3/c1-15(25)26-18-10-12-23(2)16(14-18)4-7-19-20-8-9-22(27-17-5-6-17)24(20,3)13-11-21(19)23/h4,17-22H,5-14H2,1-3H3/t18?,19-,20-,21+,22?,23-,24-/m0/s1. The molecule has 5 aliphatic rings. The molecule has 4 fully saturated rings. The summed E-state index contributed by atoms with van der Waals surface area (Å²) in [4.78, 5) is 11.4. The van der Waals surface area contributed by atoms with Crippen LogP contribution in [-0.4, -0.2) is 24.3 Å². The third-order valence-electron chi connectivity index (χ3n) is 9.19. The molecule has 5 rings (SSSR count). The molecule has 4 saturated carbocycles. The first kappa shape index (κ1) is 18.2. The average Bonchev–Trinajstić information content (AvgIpc) is 3.37. The fourth-order valence-corrected chi connectivity index (χ4v) is 7.57. The number of allylic oxidation sites excluding steroid dienone is 1. The van der Waals surface area contributed by atoms with Gasteiger partial charge in [0.05, 0.1) is 12.2 Å². The second kappa shape index (κ2) is 6.34. The van der Waals surface area contributed by atoms with E-state index >= 15 is 0 Å². The monoisotopic (exact) mass is 372 g/mol. The first-order valence-corrected chi connectivity index (χ1v) is 11.4. The molecule has 2 unspecified atom stereocenters. The number of carbonyl (C=O) groups excluding carboxylic acids is 1. The van der Waals surface area contributed by atoms with Crippen LogP contribution in [0.2, 0.25) is 0 Å². The molecule has 0 spiro atoms. The van der Waals surface area contributed by atoms with Gasteiger partial charge in [-0.05, 0) is 86.4 Å². The van der Waals surface area contributed by atoms with Crippen molar-refractivity contribution < 1.29 is 14.3 Å². The van der Waals surface area contributed by atoms with E-state index in [1.807, 2.05) is 0 Å². The molecule has 0 radical (unpaired) electrons. The molecule has 27 heavy (non-hydrogen) atoms. The molecule has 0 aromatic heterocycles. The van der Waals surface area contributed by atoms with Gasteiger partial charge in [-0.2, -0.15) is 0 Å². The molecule has 0 N–H and O–H groups in total. The Balaban J connectivity index is 1.36. The fraction of sp³-hybridized carbons (Fsp3) is 0.875. The van der Waals surface area contributed by atoms with Crippen molar-refractivity contribution >= 4 is 5.97 Å². The lowest BCUT2D eigenvalue weighted by Crippen LogP contribution is -2.51. The first-order valence-electron chi connectivity index (χ1n) is 11.4. The van der Waals surface area contributed by atoms with Crippen LogP contribution >= 0.6 is 0 Å². The summed E-state index contributed by atoms with van der Waals surface area (Å²) in [6.07, 6.45) is 16.1. The Hall–Kier alpha value is -0.830. The van der Waals surface area contributed by atoms with E-state index in [1.165, 1.54) is 51.4 Å². The van der Waals surface area contributed by atoms with Crippen molar-refractivity contribution in [3.05, 3.63) is 11.6 Å². The van der Waals surface area contributed by atoms with Gasteiger partial charge in [0.1, 0.15) is 6.10 Å². The van der Waals surface area contributed by atoms with Crippen LogP contribution in [0, 0.1) is 28.6 Å². The van der Waals surface area contributed by atoms with Crippen LogP contribution in [0.3, 0.4) is 0 Å². The summed E-state index contributed by atoms with van der Waals surface area (Å²) in [6, 6.07) is 0. The topological polar surface area (TPSA) is 35.5 Å². The van der Waals surface area contributed by atoms with Crippen molar-refractivity contribution in [2.45, 2.75) is 103 Å². The molecule has 0 amide bonds. The molecule has 0 bridgehead atoms. The van der Waals surface area contributed by atoms with E-state index in [0.29, 0.717) is 23.0 Å². The molecule has 0 aromatic carbocycles. The minimum Gasteiger partial charge on any atom is -0.462 e. The molecule has 150 valence electrons. The van der Waals surface area contributed by atoms with Gasteiger partial charge >= 0.3 is 5.97 Å². The summed E-state index contributed by atoms with van der Waals surface area (Å²) in [7, 11) is 0. The number of carbonyl (C=O) groups is 1. The Morgan fingerprint density at radius 3 is 2.56 bits per heavy atom. The molecular formula is C24H36O3. The zero-order valence-corrected chi connectivity index (χ0v) is 17.3. The van der Waals surface area contributed by atoms with E-state index in [0.717, 1.165) is 30.6 Å². The van der Waals surface area contributed by atoms with Gasteiger partial charge in [0, 0.05) is 13.3 Å². The minimum absolute atomic E-state index is 0.107.